The van der Waals surface area contributed by atoms with Gasteiger partial charge in [0.05, 0.1) is 11.4 Å². The molecule has 1 aromatic rings. The van der Waals surface area contributed by atoms with Crippen LogP contribution in [0, 0.1) is 0 Å². The van der Waals surface area contributed by atoms with E-state index in [0.717, 1.165) is 25.2 Å². The summed E-state index contributed by atoms with van der Waals surface area (Å²) in [6, 6.07) is 0. The van der Waals surface area contributed by atoms with Gasteiger partial charge in [0.2, 0.25) is 0 Å². The second-order valence-electron chi connectivity index (χ2n) is 4.39. The quantitative estimate of drug-likeness (QED) is 0.715. The predicted octanol–water partition coefficient (Wildman–Crippen LogP) is 0.897. The molecule has 1 aromatic heterocycles. The Balaban J connectivity index is 2.30. The zero-order valence-electron chi connectivity index (χ0n) is 11.4. The van der Waals surface area contributed by atoms with Crippen LogP contribution >= 0.6 is 0 Å². The van der Waals surface area contributed by atoms with E-state index in [-0.39, 0.29) is 11.5 Å². The molecule has 6 heteroatoms. The average Bonchev–Trinajstić information content (AvgIpc) is 2.69. The summed E-state index contributed by atoms with van der Waals surface area (Å²) in [7, 11) is -0.917. The minimum atomic E-state index is -2.83. The molecule has 1 N–H and O–H groups in total. The van der Waals surface area contributed by atoms with Gasteiger partial charge in [-0.2, -0.15) is 5.10 Å². The molecule has 0 radical (unpaired) electrons. The highest BCUT2D eigenvalue weighted by Gasteiger charge is 2.07. The minimum absolute atomic E-state index is 0.232. The van der Waals surface area contributed by atoms with Crippen LogP contribution < -0.4 is 5.32 Å². The molecule has 0 saturated heterocycles. The van der Waals surface area contributed by atoms with Gasteiger partial charge >= 0.3 is 0 Å². The van der Waals surface area contributed by atoms with E-state index in [9.17, 15) is 8.42 Å². The number of hydrogen-bond acceptors (Lipinski definition) is 4. The summed E-state index contributed by atoms with van der Waals surface area (Å²) in [4.78, 5) is 0. The van der Waals surface area contributed by atoms with Crippen molar-refractivity contribution in [3.63, 3.8) is 0 Å². The van der Waals surface area contributed by atoms with Crippen LogP contribution in [0.3, 0.4) is 0 Å². The Hall–Kier alpha value is -0.880. The van der Waals surface area contributed by atoms with Crippen molar-refractivity contribution < 1.29 is 8.42 Å². The first-order chi connectivity index (χ1) is 8.48. The minimum Gasteiger partial charge on any atom is -0.313 e. The lowest BCUT2D eigenvalue weighted by molar-refractivity contribution is 0.589. The van der Waals surface area contributed by atoms with Crippen LogP contribution in [0.25, 0.3) is 0 Å². The van der Waals surface area contributed by atoms with E-state index in [4.69, 9.17) is 0 Å². The monoisotopic (exact) mass is 273 g/mol. The van der Waals surface area contributed by atoms with Gasteiger partial charge in [0.25, 0.3) is 0 Å². The number of aromatic nitrogens is 2. The Labute approximate surface area is 109 Å². The largest absolute Gasteiger partial charge is 0.313 e. The topological polar surface area (TPSA) is 64.0 Å². The van der Waals surface area contributed by atoms with Crippen LogP contribution in [-0.2, 0) is 29.9 Å². The van der Waals surface area contributed by atoms with E-state index >= 15 is 0 Å². The number of rotatable bonds is 8. The van der Waals surface area contributed by atoms with Gasteiger partial charge in [-0.05, 0) is 19.4 Å². The highest BCUT2D eigenvalue weighted by molar-refractivity contribution is 7.91. The Bertz CT molecular complexity index is 466. The van der Waals surface area contributed by atoms with Crippen LogP contribution in [0.5, 0.6) is 0 Å². The lowest BCUT2D eigenvalue weighted by Crippen LogP contribution is -2.19. The lowest BCUT2D eigenvalue weighted by atomic mass is 10.2. The van der Waals surface area contributed by atoms with Gasteiger partial charge < -0.3 is 5.32 Å². The summed E-state index contributed by atoms with van der Waals surface area (Å²) < 4.78 is 24.4. The van der Waals surface area contributed by atoms with Crippen LogP contribution in [0.4, 0.5) is 0 Å². The van der Waals surface area contributed by atoms with Gasteiger partial charge in [0, 0.05) is 31.1 Å². The molecule has 0 saturated carbocycles. The first kappa shape index (κ1) is 15.2. The summed E-state index contributed by atoms with van der Waals surface area (Å²) in [6.07, 6.45) is 3.59. The number of sulfone groups is 1. The van der Waals surface area contributed by atoms with E-state index in [0.29, 0.717) is 6.42 Å². The second kappa shape index (κ2) is 6.89. The molecule has 0 amide bonds. The molecule has 0 atom stereocenters. The van der Waals surface area contributed by atoms with E-state index < -0.39 is 9.84 Å². The molecule has 104 valence electrons. The fraction of sp³-hybridized carbons (Fsp3) is 0.750. The molecular formula is C12H23N3O2S. The second-order valence-corrected chi connectivity index (χ2v) is 6.87. The van der Waals surface area contributed by atoms with E-state index in [1.54, 1.807) is 6.92 Å². The number of nitrogens with one attached hydrogen (secondary N) is 1. The van der Waals surface area contributed by atoms with Crippen molar-refractivity contribution in [1.82, 2.24) is 15.1 Å². The van der Waals surface area contributed by atoms with Crippen molar-refractivity contribution in [1.29, 1.82) is 0 Å². The van der Waals surface area contributed by atoms with Crippen molar-refractivity contribution in [2.24, 2.45) is 7.05 Å². The average molecular weight is 273 g/mol. The fourth-order valence-electron chi connectivity index (χ4n) is 1.81. The molecule has 18 heavy (non-hydrogen) atoms. The Morgan fingerprint density at radius 2 is 2.11 bits per heavy atom. The van der Waals surface area contributed by atoms with E-state index in [1.165, 1.54) is 5.56 Å². The summed E-state index contributed by atoms with van der Waals surface area (Å²) >= 11 is 0. The summed E-state index contributed by atoms with van der Waals surface area (Å²) in [5.74, 6) is 0.500. The molecule has 1 rings (SSSR count). The standard InChI is InChI=1S/C12H23N3O2S/c1-4-12-11(10-15(3)14-12)9-13-7-6-8-18(16,17)5-2/h10,13H,4-9H2,1-3H3. The Kier molecular flexibility index (Phi) is 5.81. The molecule has 0 aliphatic carbocycles. The zero-order chi connectivity index (χ0) is 13.6. The van der Waals surface area contributed by atoms with Gasteiger partial charge in [-0.1, -0.05) is 13.8 Å². The maximum atomic E-state index is 11.3. The lowest BCUT2D eigenvalue weighted by Gasteiger charge is -2.04. The van der Waals surface area contributed by atoms with Gasteiger partial charge in [-0.15, -0.1) is 0 Å². The molecule has 5 nitrogen and oxygen atoms in total. The van der Waals surface area contributed by atoms with Crippen molar-refractivity contribution in [3.05, 3.63) is 17.5 Å². The third-order valence-electron chi connectivity index (χ3n) is 2.89. The van der Waals surface area contributed by atoms with E-state index in [1.807, 2.05) is 17.9 Å². The van der Waals surface area contributed by atoms with Gasteiger partial charge in [-0.3, -0.25) is 4.68 Å². The third kappa shape index (κ3) is 4.78. The maximum Gasteiger partial charge on any atom is 0.150 e. The summed E-state index contributed by atoms with van der Waals surface area (Å²) in [5, 5.41) is 7.63. The number of nitrogens with zero attached hydrogens (tertiary/aromatic N) is 2. The first-order valence-corrected chi connectivity index (χ1v) is 8.23. The summed E-state index contributed by atoms with van der Waals surface area (Å²) in [6.45, 7) is 5.24. The normalized spacial score (nSPS) is 11.9. The van der Waals surface area contributed by atoms with Crippen LogP contribution in [0.1, 0.15) is 31.5 Å². The molecule has 0 fully saturated rings. The Morgan fingerprint density at radius 3 is 2.72 bits per heavy atom. The zero-order valence-corrected chi connectivity index (χ0v) is 12.3. The van der Waals surface area contributed by atoms with Crippen molar-refractivity contribution in [2.45, 2.75) is 33.2 Å². The van der Waals surface area contributed by atoms with Crippen molar-refractivity contribution >= 4 is 9.84 Å². The van der Waals surface area contributed by atoms with Crippen LogP contribution in [0.2, 0.25) is 0 Å². The highest BCUT2D eigenvalue weighted by Crippen LogP contribution is 2.06. The maximum absolute atomic E-state index is 11.3. The number of hydrogen-bond donors (Lipinski definition) is 1. The number of aryl methyl sites for hydroxylation is 2. The third-order valence-corrected chi connectivity index (χ3v) is 4.68. The van der Waals surface area contributed by atoms with Crippen LogP contribution in [0.15, 0.2) is 6.20 Å². The molecule has 0 aliphatic heterocycles. The molecule has 0 aromatic carbocycles. The molecule has 1 heterocycles. The van der Waals surface area contributed by atoms with Gasteiger partial charge in [0.1, 0.15) is 9.84 Å². The van der Waals surface area contributed by atoms with Gasteiger partial charge in [0.15, 0.2) is 0 Å². The molecule has 0 spiro atoms. The SMILES string of the molecule is CCc1nn(C)cc1CNCCCS(=O)(=O)CC. The molecule has 0 bridgehead atoms. The first-order valence-electron chi connectivity index (χ1n) is 6.41. The van der Waals surface area contributed by atoms with Gasteiger partial charge in [-0.25, -0.2) is 8.42 Å². The van der Waals surface area contributed by atoms with E-state index in [2.05, 4.69) is 17.3 Å². The molecular weight excluding hydrogens is 250 g/mol. The highest BCUT2D eigenvalue weighted by atomic mass is 32.2. The molecule has 0 unspecified atom stereocenters. The summed E-state index contributed by atoms with van der Waals surface area (Å²) in [5.41, 5.74) is 2.30. The fourth-order valence-corrected chi connectivity index (χ4v) is 2.69. The van der Waals surface area contributed by atoms with Crippen molar-refractivity contribution in [2.75, 3.05) is 18.1 Å². The molecule has 0 aliphatic rings. The predicted molar refractivity (Wildman–Crippen MR) is 73.2 cm³/mol. The smallest absolute Gasteiger partial charge is 0.150 e. The Morgan fingerprint density at radius 1 is 1.39 bits per heavy atom. The van der Waals surface area contributed by atoms with Crippen molar-refractivity contribution in [3.8, 4) is 0 Å². The van der Waals surface area contributed by atoms with Crippen LogP contribution in [-0.4, -0.2) is 36.2 Å².